The van der Waals surface area contributed by atoms with Crippen molar-refractivity contribution in [1.82, 2.24) is 10.2 Å². The van der Waals surface area contributed by atoms with Crippen molar-refractivity contribution in [2.75, 3.05) is 6.54 Å². The second-order valence-electron chi connectivity index (χ2n) is 3.21. The van der Waals surface area contributed by atoms with E-state index < -0.39 is 0 Å². The molecule has 0 aromatic heterocycles. The normalized spacial score (nSPS) is 16.1. The molecule has 4 nitrogen and oxygen atoms in total. The minimum absolute atomic E-state index is 0.0994. The number of nitrogens with zero attached hydrogens (tertiary/aromatic N) is 1. The van der Waals surface area contributed by atoms with Crippen molar-refractivity contribution >= 4 is 18.0 Å². The molecule has 1 saturated heterocycles. The van der Waals surface area contributed by atoms with E-state index in [1.807, 2.05) is 30.3 Å². The lowest BCUT2D eigenvalue weighted by Crippen LogP contribution is -2.23. The van der Waals surface area contributed by atoms with Gasteiger partial charge in [-0.2, -0.15) is 0 Å². The Morgan fingerprint density at radius 2 is 1.93 bits per heavy atom. The number of benzene rings is 1. The molecule has 1 aliphatic heterocycles. The average Bonchev–Trinajstić information content (AvgIpc) is 2.56. The Labute approximate surface area is 87.2 Å². The van der Waals surface area contributed by atoms with E-state index in [4.69, 9.17) is 0 Å². The Morgan fingerprint density at radius 1 is 1.20 bits per heavy atom. The van der Waals surface area contributed by atoms with E-state index in [0.717, 1.165) is 5.56 Å². The molecular weight excluding hydrogens is 192 g/mol. The highest BCUT2D eigenvalue weighted by Gasteiger charge is 2.24. The van der Waals surface area contributed by atoms with Gasteiger partial charge in [0.1, 0.15) is 6.54 Å². The lowest BCUT2D eigenvalue weighted by atomic mass is 10.2. The standard InChI is InChI=1S/C11H10N2O2/c14-10-8-13(11(15)12-10)7-6-9-4-2-1-3-5-9/h1-7H,8H2,(H,12,14,15). The molecule has 0 unspecified atom stereocenters. The number of imide groups is 1. The fraction of sp³-hybridized carbons (Fsp3) is 0.0909. The van der Waals surface area contributed by atoms with Crippen LogP contribution in [0.25, 0.3) is 6.08 Å². The highest BCUT2D eigenvalue weighted by molar-refractivity contribution is 6.02. The van der Waals surface area contributed by atoms with Crippen LogP contribution in [0.4, 0.5) is 4.79 Å². The third-order valence-corrected chi connectivity index (χ3v) is 2.07. The summed E-state index contributed by atoms with van der Waals surface area (Å²) in [7, 11) is 0. The number of urea groups is 1. The molecule has 1 aromatic carbocycles. The minimum Gasteiger partial charge on any atom is -0.291 e. The summed E-state index contributed by atoms with van der Waals surface area (Å²) < 4.78 is 0. The molecule has 0 radical (unpaired) electrons. The van der Waals surface area contributed by atoms with Crippen molar-refractivity contribution < 1.29 is 9.59 Å². The van der Waals surface area contributed by atoms with Crippen molar-refractivity contribution in [2.45, 2.75) is 0 Å². The van der Waals surface area contributed by atoms with Gasteiger partial charge < -0.3 is 0 Å². The van der Waals surface area contributed by atoms with Gasteiger partial charge >= 0.3 is 6.03 Å². The van der Waals surface area contributed by atoms with E-state index in [1.54, 1.807) is 12.3 Å². The fourth-order valence-corrected chi connectivity index (χ4v) is 1.32. The summed E-state index contributed by atoms with van der Waals surface area (Å²) in [5.74, 6) is -0.266. The Morgan fingerprint density at radius 3 is 2.53 bits per heavy atom. The van der Waals surface area contributed by atoms with Crippen LogP contribution in [0, 0.1) is 0 Å². The number of carbonyl (C=O) groups is 2. The Hall–Kier alpha value is -2.10. The van der Waals surface area contributed by atoms with E-state index >= 15 is 0 Å². The summed E-state index contributed by atoms with van der Waals surface area (Å²) >= 11 is 0. The molecule has 1 aliphatic rings. The summed E-state index contributed by atoms with van der Waals surface area (Å²) in [6.45, 7) is 0.0994. The number of rotatable bonds is 2. The molecule has 1 fully saturated rings. The molecule has 1 heterocycles. The quantitative estimate of drug-likeness (QED) is 0.733. The van der Waals surface area contributed by atoms with Gasteiger partial charge in [-0.3, -0.25) is 15.0 Å². The first-order chi connectivity index (χ1) is 7.25. The number of carbonyl (C=O) groups excluding carboxylic acids is 2. The molecule has 4 heteroatoms. The van der Waals surface area contributed by atoms with Crippen molar-refractivity contribution in [1.29, 1.82) is 0 Å². The van der Waals surface area contributed by atoms with Crippen LogP contribution < -0.4 is 5.32 Å². The van der Waals surface area contributed by atoms with E-state index in [0.29, 0.717) is 0 Å². The van der Waals surface area contributed by atoms with Crippen LogP contribution in [0.2, 0.25) is 0 Å². The van der Waals surface area contributed by atoms with Gasteiger partial charge in [0.15, 0.2) is 0 Å². The highest BCUT2D eigenvalue weighted by Crippen LogP contribution is 2.05. The lowest BCUT2D eigenvalue weighted by molar-refractivity contribution is -0.118. The van der Waals surface area contributed by atoms with Gasteiger partial charge in [-0.05, 0) is 11.6 Å². The summed E-state index contributed by atoms with van der Waals surface area (Å²) in [5.41, 5.74) is 0.990. The molecule has 1 N–H and O–H groups in total. The fourth-order valence-electron chi connectivity index (χ4n) is 1.32. The van der Waals surface area contributed by atoms with Crippen molar-refractivity contribution in [2.24, 2.45) is 0 Å². The van der Waals surface area contributed by atoms with E-state index in [1.165, 1.54) is 4.90 Å². The van der Waals surface area contributed by atoms with Crippen molar-refractivity contribution in [3.8, 4) is 0 Å². The number of nitrogens with one attached hydrogen (secondary N) is 1. The van der Waals surface area contributed by atoms with Gasteiger partial charge in [-0.25, -0.2) is 4.79 Å². The summed E-state index contributed by atoms with van der Waals surface area (Å²) in [6.07, 6.45) is 3.40. The Bertz CT molecular complexity index is 412. The first kappa shape index (κ1) is 9.45. The zero-order valence-electron chi connectivity index (χ0n) is 8.01. The molecule has 0 saturated carbocycles. The molecule has 2 rings (SSSR count). The summed E-state index contributed by atoms with van der Waals surface area (Å²) in [4.78, 5) is 23.4. The van der Waals surface area contributed by atoms with Crippen molar-refractivity contribution in [3.63, 3.8) is 0 Å². The smallest absolute Gasteiger partial charge is 0.291 e. The van der Waals surface area contributed by atoms with E-state index in [9.17, 15) is 9.59 Å². The third-order valence-electron chi connectivity index (χ3n) is 2.07. The molecule has 0 bridgehead atoms. The zero-order chi connectivity index (χ0) is 10.7. The minimum atomic E-state index is -0.368. The second-order valence-corrected chi connectivity index (χ2v) is 3.21. The van der Waals surface area contributed by atoms with Gasteiger partial charge in [0.05, 0.1) is 0 Å². The van der Waals surface area contributed by atoms with Gasteiger partial charge in [0.25, 0.3) is 0 Å². The van der Waals surface area contributed by atoms with Gasteiger partial charge in [0, 0.05) is 6.20 Å². The van der Waals surface area contributed by atoms with Crippen LogP contribution >= 0.6 is 0 Å². The SMILES string of the molecule is O=C1CN(C=Cc2ccccc2)C(=O)N1. The number of hydrogen-bond acceptors (Lipinski definition) is 2. The van der Waals surface area contributed by atoms with E-state index in [2.05, 4.69) is 5.32 Å². The molecule has 15 heavy (non-hydrogen) atoms. The van der Waals surface area contributed by atoms with Crippen LogP contribution in [0.5, 0.6) is 0 Å². The molecule has 0 spiro atoms. The largest absolute Gasteiger partial charge is 0.328 e. The van der Waals surface area contributed by atoms with Gasteiger partial charge in [-0.15, -0.1) is 0 Å². The first-order valence-corrected chi connectivity index (χ1v) is 4.59. The molecule has 1 aromatic rings. The number of amides is 3. The second kappa shape index (κ2) is 3.96. The van der Waals surface area contributed by atoms with Crippen LogP contribution in [0.3, 0.4) is 0 Å². The van der Waals surface area contributed by atoms with Gasteiger partial charge in [0.2, 0.25) is 5.91 Å². The Balaban J connectivity index is 2.06. The molecule has 76 valence electrons. The maximum atomic E-state index is 11.1. The average molecular weight is 202 g/mol. The third kappa shape index (κ3) is 2.22. The van der Waals surface area contributed by atoms with Crippen LogP contribution in [-0.4, -0.2) is 23.4 Å². The maximum absolute atomic E-state index is 11.1. The molecule has 0 aliphatic carbocycles. The first-order valence-electron chi connectivity index (χ1n) is 4.59. The predicted molar refractivity (Wildman–Crippen MR) is 55.7 cm³/mol. The predicted octanol–water partition coefficient (Wildman–Crippen LogP) is 1.21. The highest BCUT2D eigenvalue weighted by atomic mass is 16.2. The monoisotopic (exact) mass is 202 g/mol. The summed E-state index contributed by atoms with van der Waals surface area (Å²) in [5, 5.41) is 2.20. The molecular formula is C11H10N2O2. The molecule has 0 atom stereocenters. The van der Waals surface area contributed by atoms with E-state index in [-0.39, 0.29) is 18.5 Å². The van der Waals surface area contributed by atoms with Crippen LogP contribution in [-0.2, 0) is 4.79 Å². The maximum Gasteiger partial charge on any atom is 0.328 e. The summed E-state index contributed by atoms with van der Waals surface area (Å²) in [6, 6.07) is 9.22. The topological polar surface area (TPSA) is 49.4 Å². The van der Waals surface area contributed by atoms with Crippen LogP contribution in [0.1, 0.15) is 5.56 Å². The lowest BCUT2D eigenvalue weighted by Gasteiger charge is -2.04. The Kier molecular flexibility index (Phi) is 2.49. The van der Waals surface area contributed by atoms with Gasteiger partial charge in [-0.1, -0.05) is 30.3 Å². The van der Waals surface area contributed by atoms with Crippen LogP contribution in [0.15, 0.2) is 36.5 Å². The molecule has 3 amide bonds. The number of hydrogen-bond donors (Lipinski definition) is 1. The van der Waals surface area contributed by atoms with Crippen molar-refractivity contribution in [3.05, 3.63) is 42.1 Å². The zero-order valence-corrected chi connectivity index (χ0v) is 8.01.